The van der Waals surface area contributed by atoms with E-state index >= 15 is 0 Å². The van der Waals surface area contributed by atoms with E-state index in [4.69, 9.17) is 5.11 Å². The molecule has 2 N–H and O–H groups in total. The maximum Gasteiger partial charge on any atom is 0.343 e. The number of fused-ring (bicyclic) bond motifs is 2. The van der Waals surface area contributed by atoms with Crippen molar-refractivity contribution in [2.45, 2.75) is 6.42 Å². The monoisotopic (exact) mass is 302 g/mol. The highest BCUT2D eigenvalue weighted by Crippen LogP contribution is 2.44. The van der Waals surface area contributed by atoms with Gasteiger partial charge in [-0.1, -0.05) is 30.3 Å². The second-order valence-electron chi connectivity index (χ2n) is 5.20. The van der Waals surface area contributed by atoms with Crippen molar-refractivity contribution in [2.24, 2.45) is 11.3 Å². The number of carboxylic acid groups (broad SMARTS) is 2. The molecule has 0 bridgehead atoms. The molecule has 1 saturated heterocycles. The number of hydrogen-bond acceptors (Lipinski definition) is 5. The molecule has 3 rings (SSSR count). The second-order valence-corrected chi connectivity index (χ2v) is 5.20. The van der Waals surface area contributed by atoms with Crippen molar-refractivity contribution < 1.29 is 34.1 Å². The number of benzene rings is 1. The van der Waals surface area contributed by atoms with Gasteiger partial charge in [0.2, 0.25) is 0 Å². The molecule has 1 heterocycles. The largest absolute Gasteiger partial charge is 0.481 e. The summed E-state index contributed by atoms with van der Waals surface area (Å²) in [6.07, 6.45) is 0.403. The third-order valence-corrected chi connectivity index (χ3v) is 3.96. The van der Waals surface area contributed by atoms with E-state index in [9.17, 15) is 24.3 Å². The molecule has 7 nitrogen and oxygen atoms in total. The number of cyclic esters (lactones) is 2. The highest BCUT2D eigenvalue weighted by Gasteiger charge is 2.58. The zero-order valence-corrected chi connectivity index (χ0v) is 11.1. The second kappa shape index (κ2) is 4.52. The molecule has 2 unspecified atom stereocenters. The summed E-state index contributed by atoms with van der Waals surface area (Å²) < 4.78 is 4.56. The van der Waals surface area contributed by atoms with Gasteiger partial charge >= 0.3 is 23.9 Å². The molecule has 0 aromatic heterocycles. The number of aliphatic carboxylic acids is 2. The third-order valence-electron chi connectivity index (χ3n) is 3.96. The van der Waals surface area contributed by atoms with Crippen molar-refractivity contribution in [3.8, 4) is 0 Å². The number of ether oxygens (including phenoxy) is 1. The lowest BCUT2D eigenvalue weighted by Crippen LogP contribution is -2.49. The molecule has 0 spiro atoms. The number of esters is 2. The van der Waals surface area contributed by atoms with E-state index in [0.29, 0.717) is 10.4 Å². The van der Waals surface area contributed by atoms with Crippen LogP contribution in [0.25, 0.3) is 11.6 Å². The van der Waals surface area contributed by atoms with E-state index in [1.807, 2.05) is 0 Å². The van der Waals surface area contributed by atoms with Gasteiger partial charge in [-0.15, -0.1) is 0 Å². The number of rotatable bonds is 3. The summed E-state index contributed by atoms with van der Waals surface area (Å²) in [5.74, 6) is -6.28. The SMILES string of the molecule is O=C(O)CC1(C(=O)O)C=c2ccccc2=C2C(=O)OC(=O)C21. The Hall–Kier alpha value is -2.96. The summed E-state index contributed by atoms with van der Waals surface area (Å²) in [7, 11) is 0. The topological polar surface area (TPSA) is 118 Å². The summed E-state index contributed by atoms with van der Waals surface area (Å²) in [6, 6.07) is 6.40. The quantitative estimate of drug-likeness (QED) is 0.536. The first-order valence-corrected chi connectivity index (χ1v) is 6.40. The predicted octanol–water partition coefficient (Wildman–Crippen LogP) is -1.12. The predicted molar refractivity (Wildman–Crippen MR) is 70.5 cm³/mol. The number of hydrogen-bond donors (Lipinski definition) is 2. The van der Waals surface area contributed by atoms with Gasteiger partial charge < -0.3 is 14.9 Å². The summed E-state index contributed by atoms with van der Waals surface area (Å²) in [6.45, 7) is 0. The van der Waals surface area contributed by atoms with Crippen LogP contribution in [0.3, 0.4) is 0 Å². The van der Waals surface area contributed by atoms with E-state index < -0.39 is 41.6 Å². The fourth-order valence-electron chi connectivity index (χ4n) is 3.07. The molecule has 1 aliphatic carbocycles. The Morgan fingerprint density at radius 1 is 1.18 bits per heavy atom. The zero-order chi connectivity index (χ0) is 16.1. The van der Waals surface area contributed by atoms with Crippen LogP contribution in [-0.4, -0.2) is 34.1 Å². The van der Waals surface area contributed by atoms with Gasteiger partial charge in [0.1, 0.15) is 11.3 Å². The molecular weight excluding hydrogens is 292 g/mol. The normalized spacial score (nSPS) is 25.8. The van der Waals surface area contributed by atoms with Crippen molar-refractivity contribution >= 4 is 35.5 Å². The van der Waals surface area contributed by atoms with Crippen LogP contribution in [0.5, 0.6) is 0 Å². The summed E-state index contributed by atoms with van der Waals surface area (Å²) >= 11 is 0. The smallest absolute Gasteiger partial charge is 0.343 e. The Bertz CT molecular complexity index is 851. The Balaban J connectivity index is 2.43. The average Bonchev–Trinajstić information content (AvgIpc) is 2.74. The lowest BCUT2D eigenvalue weighted by Gasteiger charge is -2.30. The number of carboxylic acids is 2. The average molecular weight is 302 g/mol. The maximum absolute atomic E-state index is 12.0. The molecule has 1 aromatic carbocycles. The van der Waals surface area contributed by atoms with E-state index in [1.54, 1.807) is 24.3 Å². The lowest BCUT2D eigenvalue weighted by molar-refractivity contribution is -0.161. The van der Waals surface area contributed by atoms with Gasteiger partial charge in [0, 0.05) is 0 Å². The Morgan fingerprint density at radius 2 is 1.86 bits per heavy atom. The van der Waals surface area contributed by atoms with Crippen molar-refractivity contribution in [1.82, 2.24) is 0 Å². The molecule has 2 aliphatic rings. The van der Waals surface area contributed by atoms with Crippen molar-refractivity contribution in [3.63, 3.8) is 0 Å². The van der Waals surface area contributed by atoms with Gasteiger partial charge in [0.05, 0.1) is 12.0 Å². The molecule has 0 radical (unpaired) electrons. The highest BCUT2D eigenvalue weighted by atomic mass is 16.6. The molecule has 2 atom stereocenters. The van der Waals surface area contributed by atoms with Gasteiger partial charge in [0.25, 0.3) is 0 Å². The number of carbonyl (C=O) groups excluding carboxylic acids is 2. The van der Waals surface area contributed by atoms with Crippen LogP contribution in [0.4, 0.5) is 0 Å². The molecule has 112 valence electrons. The molecule has 0 amide bonds. The molecular formula is C15H10O7. The minimum absolute atomic E-state index is 0.0910. The summed E-state index contributed by atoms with van der Waals surface area (Å²) in [4.78, 5) is 46.9. The van der Waals surface area contributed by atoms with E-state index in [1.165, 1.54) is 6.08 Å². The summed E-state index contributed by atoms with van der Waals surface area (Å²) in [5.41, 5.74) is -2.13. The van der Waals surface area contributed by atoms with Gasteiger partial charge in [-0.3, -0.25) is 14.4 Å². The standard InChI is InChI=1S/C15H10O7/c16-9(17)6-15(14(20)21)5-7-3-1-2-4-8(7)10-11(15)13(19)22-12(10)18/h1-5,11H,6H2,(H,16,17)(H,20,21). The van der Waals surface area contributed by atoms with E-state index in [2.05, 4.69) is 4.74 Å². The minimum Gasteiger partial charge on any atom is -0.481 e. The fraction of sp³-hybridized carbons (Fsp3) is 0.200. The molecule has 1 fully saturated rings. The molecule has 7 heteroatoms. The van der Waals surface area contributed by atoms with Gasteiger partial charge in [-0.25, -0.2) is 4.79 Å². The van der Waals surface area contributed by atoms with E-state index in [0.717, 1.165) is 0 Å². The van der Waals surface area contributed by atoms with Crippen LogP contribution >= 0.6 is 0 Å². The maximum atomic E-state index is 12.0. The fourth-order valence-corrected chi connectivity index (χ4v) is 3.07. The van der Waals surface area contributed by atoms with Gasteiger partial charge in [0.15, 0.2) is 0 Å². The van der Waals surface area contributed by atoms with Crippen molar-refractivity contribution in [2.75, 3.05) is 0 Å². The number of carbonyl (C=O) groups is 4. The van der Waals surface area contributed by atoms with Gasteiger partial charge in [-0.2, -0.15) is 0 Å². The first kappa shape index (κ1) is 14.0. The van der Waals surface area contributed by atoms with Crippen LogP contribution in [0.15, 0.2) is 24.3 Å². The van der Waals surface area contributed by atoms with Crippen LogP contribution in [0.2, 0.25) is 0 Å². The highest BCUT2D eigenvalue weighted by molar-refractivity contribution is 6.26. The van der Waals surface area contributed by atoms with Gasteiger partial charge in [-0.05, 0) is 10.4 Å². The van der Waals surface area contributed by atoms with Crippen LogP contribution in [0, 0.1) is 11.3 Å². The Labute approximate surface area is 123 Å². The van der Waals surface area contributed by atoms with Crippen molar-refractivity contribution in [3.05, 3.63) is 34.7 Å². The van der Waals surface area contributed by atoms with Crippen molar-refractivity contribution in [1.29, 1.82) is 0 Å². The first-order valence-electron chi connectivity index (χ1n) is 6.40. The minimum atomic E-state index is -2.04. The molecule has 1 aliphatic heterocycles. The molecule has 0 saturated carbocycles. The van der Waals surface area contributed by atoms with Crippen LogP contribution in [0.1, 0.15) is 6.42 Å². The first-order chi connectivity index (χ1) is 10.4. The molecule has 22 heavy (non-hydrogen) atoms. The van der Waals surface area contributed by atoms with Crippen LogP contribution < -0.4 is 10.4 Å². The third kappa shape index (κ3) is 1.75. The van der Waals surface area contributed by atoms with E-state index in [-0.39, 0.29) is 5.57 Å². The zero-order valence-electron chi connectivity index (χ0n) is 11.1. The Morgan fingerprint density at radius 3 is 2.50 bits per heavy atom. The summed E-state index contributed by atoms with van der Waals surface area (Å²) in [5, 5.41) is 19.4. The van der Waals surface area contributed by atoms with Crippen LogP contribution in [-0.2, 0) is 23.9 Å². The Kier molecular flexibility index (Phi) is 2.88. The molecule has 1 aromatic rings. The lowest BCUT2D eigenvalue weighted by atomic mass is 9.67.